The Balaban J connectivity index is 2.78. The van der Waals surface area contributed by atoms with Gasteiger partial charge in [-0.1, -0.05) is 18.5 Å². The maximum absolute atomic E-state index is 11.5. The third-order valence-electron chi connectivity index (χ3n) is 2.36. The molecule has 1 rings (SSSR count). The van der Waals surface area contributed by atoms with Gasteiger partial charge in [0, 0.05) is 12.2 Å². The summed E-state index contributed by atoms with van der Waals surface area (Å²) in [5.74, 6) is 0.635. The number of carbonyl (C=O) groups excluding carboxylic acids is 1. The van der Waals surface area contributed by atoms with Crippen LogP contribution in [0.2, 0.25) is 5.02 Å². The first-order valence-corrected chi connectivity index (χ1v) is 6.44. The van der Waals surface area contributed by atoms with E-state index in [2.05, 4.69) is 10.6 Å². The number of halogens is 1. The molecule has 0 heterocycles. The van der Waals surface area contributed by atoms with E-state index in [1.54, 1.807) is 6.07 Å². The summed E-state index contributed by atoms with van der Waals surface area (Å²) in [4.78, 5) is 11.5. The quantitative estimate of drug-likeness (QED) is 0.859. The van der Waals surface area contributed by atoms with Crippen molar-refractivity contribution in [1.29, 1.82) is 0 Å². The molecule has 5 heteroatoms. The third kappa shape index (κ3) is 4.11. The van der Waals surface area contributed by atoms with E-state index >= 15 is 0 Å². The number of anilines is 1. The van der Waals surface area contributed by atoms with Crippen LogP contribution in [0.25, 0.3) is 0 Å². The van der Waals surface area contributed by atoms with Gasteiger partial charge in [0.1, 0.15) is 5.75 Å². The summed E-state index contributed by atoms with van der Waals surface area (Å²) in [6, 6.07) is 3.30. The zero-order valence-electron chi connectivity index (χ0n) is 11.0. The van der Waals surface area contributed by atoms with E-state index in [-0.39, 0.29) is 6.03 Å². The highest BCUT2D eigenvalue weighted by atomic mass is 35.5. The van der Waals surface area contributed by atoms with Crippen molar-refractivity contribution in [3.63, 3.8) is 0 Å². The Morgan fingerprint density at radius 3 is 2.72 bits per heavy atom. The molecule has 0 saturated heterocycles. The normalized spacial score (nSPS) is 10.0. The van der Waals surface area contributed by atoms with Gasteiger partial charge in [0.15, 0.2) is 0 Å². The van der Waals surface area contributed by atoms with Gasteiger partial charge >= 0.3 is 6.03 Å². The summed E-state index contributed by atoms with van der Waals surface area (Å²) in [7, 11) is 0. The van der Waals surface area contributed by atoms with Gasteiger partial charge in [0.2, 0.25) is 0 Å². The molecule has 0 unspecified atom stereocenters. The van der Waals surface area contributed by atoms with E-state index in [0.717, 1.165) is 12.0 Å². The number of aryl methyl sites for hydroxylation is 1. The third-order valence-corrected chi connectivity index (χ3v) is 2.66. The molecule has 100 valence electrons. The smallest absolute Gasteiger partial charge is 0.319 e. The lowest BCUT2D eigenvalue weighted by molar-refractivity contribution is 0.252. The van der Waals surface area contributed by atoms with Crippen LogP contribution in [0.15, 0.2) is 12.1 Å². The van der Waals surface area contributed by atoms with Crippen LogP contribution in [-0.2, 0) is 0 Å². The number of amides is 2. The van der Waals surface area contributed by atoms with Crippen molar-refractivity contribution < 1.29 is 9.53 Å². The van der Waals surface area contributed by atoms with Crippen LogP contribution in [0.3, 0.4) is 0 Å². The monoisotopic (exact) mass is 270 g/mol. The average molecular weight is 271 g/mol. The summed E-state index contributed by atoms with van der Waals surface area (Å²) in [5, 5.41) is 6.00. The molecule has 0 spiro atoms. The van der Waals surface area contributed by atoms with E-state index in [4.69, 9.17) is 16.3 Å². The Labute approximate surface area is 113 Å². The Kier molecular flexibility index (Phi) is 5.78. The highest BCUT2D eigenvalue weighted by Crippen LogP contribution is 2.30. The lowest BCUT2D eigenvalue weighted by Gasteiger charge is -2.12. The van der Waals surface area contributed by atoms with E-state index in [1.165, 1.54) is 0 Å². The molecule has 0 aliphatic rings. The summed E-state index contributed by atoms with van der Waals surface area (Å²) >= 11 is 6.07. The maximum atomic E-state index is 11.5. The van der Waals surface area contributed by atoms with Gasteiger partial charge in [0.25, 0.3) is 0 Å². The molecule has 2 N–H and O–H groups in total. The van der Waals surface area contributed by atoms with E-state index in [9.17, 15) is 4.79 Å². The van der Waals surface area contributed by atoms with Crippen LogP contribution in [0.4, 0.5) is 10.5 Å². The SMILES string of the molecule is CCCNC(=O)Nc1cc(Cl)c(OCC)cc1C. The topological polar surface area (TPSA) is 50.4 Å². The van der Waals surface area contributed by atoms with E-state index < -0.39 is 0 Å². The molecule has 0 aliphatic carbocycles. The number of benzene rings is 1. The van der Waals surface area contributed by atoms with Crippen molar-refractivity contribution in [2.45, 2.75) is 27.2 Å². The van der Waals surface area contributed by atoms with Crippen molar-refractivity contribution >= 4 is 23.3 Å². The molecule has 0 aromatic heterocycles. The van der Waals surface area contributed by atoms with E-state index in [0.29, 0.717) is 29.6 Å². The van der Waals surface area contributed by atoms with Gasteiger partial charge in [-0.25, -0.2) is 4.79 Å². The van der Waals surface area contributed by atoms with Crippen LogP contribution in [0, 0.1) is 6.92 Å². The predicted octanol–water partition coefficient (Wildman–Crippen LogP) is 3.58. The fourth-order valence-corrected chi connectivity index (χ4v) is 1.68. The fourth-order valence-electron chi connectivity index (χ4n) is 1.46. The lowest BCUT2D eigenvalue weighted by atomic mass is 10.2. The van der Waals surface area contributed by atoms with Gasteiger partial charge in [-0.15, -0.1) is 0 Å². The minimum Gasteiger partial charge on any atom is -0.492 e. The van der Waals surface area contributed by atoms with Crippen molar-refractivity contribution in [1.82, 2.24) is 5.32 Å². The highest BCUT2D eigenvalue weighted by Gasteiger charge is 2.09. The standard InChI is InChI=1S/C13H19ClN2O2/c1-4-6-15-13(17)16-11-8-10(14)12(18-5-2)7-9(11)3/h7-8H,4-6H2,1-3H3,(H2,15,16,17). The van der Waals surface area contributed by atoms with Crippen LogP contribution < -0.4 is 15.4 Å². The van der Waals surface area contributed by atoms with Crippen molar-refractivity contribution in [2.75, 3.05) is 18.5 Å². The average Bonchev–Trinajstić information content (AvgIpc) is 2.33. The number of hydrogen-bond donors (Lipinski definition) is 2. The molecule has 1 aromatic carbocycles. The summed E-state index contributed by atoms with van der Waals surface area (Å²) in [6.45, 7) is 7.00. The van der Waals surface area contributed by atoms with Gasteiger partial charge in [-0.05, 0) is 38.0 Å². The second-order valence-corrected chi connectivity index (χ2v) is 4.32. The van der Waals surface area contributed by atoms with Crippen molar-refractivity contribution in [3.8, 4) is 5.75 Å². The fraction of sp³-hybridized carbons (Fsp3) is 0.462. The first-order chi connectivity index (χ1) is 8.58. The van der Waals surface area contributed by atoms with E-state index in [1.807, 2.05) is 26.8 Å². The van der Waals surface area contributed by atoms with Gasteiger partial charge in [0.05, 0.1) is 11.6 Å². The molecular weight excluding hydrogens is 252 g/mol. The molecule has 2 amide bonds. The minimum atomic E-state index is -0.222. The number of nitrogens with one attached hydrogen (secondary N) is 2. The molecule has 0 atom stereocenters. The number of rotatable bonds is 5. The largest absolute Gasteiger partial charge is 0.492 e. The second-order valence-electron chi connectivity index (χ2n) is 3.91. The molecular formula is C13H19ClN2O2. The number of hydrogen-bond acceptors (Lipinski definition) is 2. The number of urea groups is 1. The highest BCUT2D eigenvalue weighted by molar-refractivity contribution is 6.32. The predicted molar refractivity (Wildman–Crippen MR) is 74.7 cm³/mol. The van der Waals surface area contributed by atoms with Crippen LogP contribution in [0.5, 0.6) is 5.75 Å². The van der Waals surface area contributed by atoms with Gasteiger partial charge < -0.3 is 15.4 Å². The first-order valence-electron chi connectivity index (χ1n) is 6.06. The molecule has 0 saturated carbocycles. The second kappa shape index (κ2) is 7.11. The maximum Gasteiger partial charge on any atom is 0.319 e. The number of carbonyl (C=O) groups is 1. The Hall–Kier alpha value is -1.42. The minimum absolute atomic E-state index is 0.222. The first kappa shape index (κ1) is 14.6. The molecule has 4 nitrogen and oxygen atoms in total. The van der Waals surface area contributed by atoms with Crippen LogP contribution >= 0.6 is 11.6 Å². The lowest BCUT2D eigenvalue weighted by Crippen LogP contribution is -2.29. The Morgan fingerprint density at radius 1 is 1.39 bits per heavy atom. The molecule has 0 bridgehead atoms. The molecule has 0 aliphatic heterocycles. The summed E-state index contributed by atoms with van der Waals surface area (Å²) in [5.41, 5.74) is 1.60. The molecule has 1 aromatic rings. The number of ether oxygens (including phenoxy) is 1. The molecule has 18 heavy (non-hydrogen) atoms. The Bertz CT molecular complexity index is 422. The zero-order chi connectivity index (χ0) is 13.5. The molecule has 0 radical (unpaired) electrons. The van der Waals surface area contributed by atoms with Crippen molar-refractivity contribution in [3.05, 3.63) is 22.7 Å². The Morgan fingerprint density at radius 2 is 2.11 bits per heavy atom. The molecule has 0 fully saturated rings. The van der Waals surface area contributed by atoms with Gasteiger partial charge in [-0.3, -0.25) is 0 Å². The van der Waals surface area contributed by atoms with Crippen molar-refractivity contribution in [2.24, 2.45) is 0 Å². The van der Waals surface area contributed by atoms with Crippen LogP contribution in [-0.4, -0.2) is 19.2 Å². The van der Waals surface area contributed by atoms with Crippen LogP contribution in [0.1, 0.15) is 25.8 Å². The summed E-state index contributed by atoms with van der Waals surface area (Å²) in [6.07, 6.45) is 0.899. The van der Waals surface area contributed by atoms with Gasteiger partial charge in [-0.2, -0.15) is 0 Å². The zero-order valence-corrected chi connectivity index (χ0v) is 11.7. The summed E-state index contributed by atoms with van der Waals surface area (Å²) < 4.78 is 5.38.